The molecule has 0 N–H and O–H groups in total. The van der Waals surface area contributed by atoms with Crippen molar-refractivity contribution in [3.63, 3.8) is 0 Å². The minimum absolute atomic E-state index is 0.0138. The number of pyridine rings is 1. The summed E-state index contributed by atoms with van der Waals surface area (Å²) in [5.41, 5.74) is 4.22. The first-order valence-electron chi connectivity index (χ1n) is 12.2. The van der Waals surface area contributed by atoms with Crippen LogP contribution in [-0.4, -0.2) is 40.6 Å². The number of carbonyl (C=O) groups is 1. The lowest BCUT2D eigenvalue weighted by Crippen LogP contribution is -2.20. The van der Waals surface area contributed by atoms with Gasteiger partial charge in [-0.3, -0.25) is 9.78 Å². The number of benzene rings is 1. The van der Waals surface area contributed by atoms with Gasteiger partial charge >= 0.3 is 5.97 Å². The van der Waals surface area contributed by atoms with E-state index in [1.165, 1.54) is 5.56 Å². The summed E-state index contributed by atoms with van der Waals surface area (Å²) in [5, 5.41) is 4.46. The van der Waals surface area contributed by atoms with E-state index in [4.69, 9.17) is 14.2 Å². The fourth-order valence-electron chi connectivity index (χ4n) is 4.17. The summed E-state index contributed by atoms with van der Waals surface area (Å²) in [6, 6.07) is 14.3. The molecule has 1 atom stereocenters. The third kappa shape index (κ3) is 6.67. The first kappa shape index (κ1) is 24.0. The van der Waals surface area contributed by atoms with Crippen molar-refractivity contribution in [2.75, 3.05) is 19.8 Å². The lowest BCUT2D eigenvalue weighted by atomic mass is 10.0. The highest BCUT2D eigenvalue weighted by atomic mass is 16.5. The number of ether oxygens (including phenoxy) is 3. The van der Waals surface area contributed by atoms with E-state index in [0.29, 0.717) is 26.1 Å². The minimum atomic E-state index is -0.146. The first-order valence-corrected chi connectivity index (χ1v) is 12.2. The van der Waals surface area contributed by atoms with Crippen LogP contribution in [0.5, 0.6) is 5.75 Å². The smallest absolute Gasteiger partial charge is 0.306 e. The summed E-state index contributed by atoms with van der Waals surface area (Å²) in [4.78, 5) is 16.2. The number of hydrogen-bond acceptors (Lipinski definition) is 6. The van der Waals surface area contributed by atoms with Crippen LogP contribution in [0.25, 0.3) is 11.4 Å². The van der Waals surface area contributed by atoms with E-state index in [1.807, 2.05) is 35.9 Å². The second-order valence-electron chi connectivity index (χ2n) is 8.44. The third-order valence-corrected chi connectivity index (χ3v) is 5.89. The molecule has 0 spiro atoms. The summed E-state index contributed by atoms with van der Waals surface area (Å²) in [5.74, 6) is 0.611. The van der Waals surface area contributed by atoms with E-state index in [0.717, 1.165) is 61.4 Å². The number of nitrogens with zero attached hydrogens (tertiary/aromatic N) is 3. The van der Waals surface area contributed by atoms with Crippen LogP contribution >= 0.6 is 0 Å². The van der Waals surface area contributed by atoms with Gasteiger partial charge in [0.25, 0.3) is 0 Å². The number of aryl methyl sites for hydroxylation is 2. The standard InChI is InChI=1S/C27H33N3O4/c1-2-32-27(31)14-11-22-8-5-7-21(19-22)9-6-18-33-23-12-13-24(28-20-23)25-15-16-29-30(25)26-10-3-4-17-34-26/h5,7-8,12-13,15-16,19-20,26H,2-4,6,9-11,14,17-18H2,1H3. The van der Waals surface area contributed by atoms with Gasteiger partial charge < -0.3 is 14.2 Å². The van der Waals surface area contributed by atoms with Crippen molar-refractivity contribution in [3.8, 4) is 17.1 Å². The van der Waals surface area contributed by atoms with Gasteiger partial charge in [0.15, 0.2) is 6.23 Å². The Morgan fingerprint density at radius 2 is 2.03 bits per heavy atom. The van der Waals surface area contributed by atoms with E-state index in [-0.39, 0.29) is 12.2 Å². The van der Waals surface area contributed by atoms with Gasteiger partial charge in [0.1, 0.15) is 5.75 Å². The molecule has 180 valence electrons. The number of hydrogen-bond donors (Lipinski definition) is 0. The van der Waals surface area contributed by atoms with Crippen LogP contribution in [0.2, 0.25) is 0 Å². The molecular formula is C27H33N3O4. The van der Waals surface area contributed by atoms with Crippen molar-refractivity contribution in [2.45, 2.75) is 58.1 Å². The fourth-order valence-corrected chi connectivity index (χ4v) is 4.17. The molecule has 34 heavy (non-hydrogen) atoms. The number of carbonyl (C=O) groups excluding carboxylic acids is 1. The predicted molar refractivity (Wildman–Crippen MR) is 130 cm³/mol. The Bertz CT molecular complexity index is 1040. The van der Waals surface area contributed by atoms with Crippen molar-refractivity contribution >= 4 is 5.97 Å². The average molecular weight is 464 g/mol. The van der Waals surface area contributed by atoms with Crippen LogP contribution in [0.3, 0.4) is 0 Å². The second-order valence-corrected chi connectivity index (χ2v) is 8.44. The molecule has 0 bridgehead atoms. The average Bonchev–Trinajstić information content (AvgIpc) is 3.37. The molecule has 7 nitrogen and oxygen atoms in total. The second kappa shape index (κ2) is 12.3. The molecule has 0 amide bonds. The van der Waals surface area contributed by atoms with Crippen LogP contribution in [0.4, 0.5) is 0 Å². The first-order chi connectivity index (χ1) is 16.7. The lowest BCUT2D eigenvalue weighted by Gasteiger charge is -2.24. The van der Waals surface area contributed by atoms with E-state index >= 15 is 0 Å². The maximum atomic E-state index is 11.6. The highest BCUT2D eigenvalue weighted by molar-refractivity contribution is 5.69. The van der Waals surface area contributed by atoms with Gasteiger partial charge in [-0.25, -0.2) is 4.68 Å². The fraction of sp³-hybridized carbons (Fsp3) is 0.444. The zero-order valence-electron chi connectivity index (χ0n) is 19.8. The molecule has 1 fully saturated rings. The van der Waals surface area contributed by atoms with E-state index in [1.54, 1.807) is 12.4 Å². The van der Waals surface area contributed by atoms with Gasteiger partial charge in [-0.1, -0.05) is 24.3 Å². The topological polar surface area (TPSA) is 75.5 Å². The minimum Gasteiger partial charge on any atom is -0.492 e. The van der Waals surface area contributed by atoms with Crippen molar-refractivity contribution in [3.05, 3.63) is 66.0 Å². The SMILES string of the molecule is CCOC(=O)CCc1cccc(CCCOc2ccc(-c3ccnn3C3CCCCO3)nc2)c1. The van der Waals surface area contributed by atoms with E-state index in [2.05, 4.69) is 28.3 Å². The molecule has 1 aromatic carbocycles. The maximum absolute atomic E-state index is 11.6. The van der Waals surface area contributed by atoms with Crippen molar-refractivity contribution in [2.24, 2.45) is 0 Å². The molecule has 1 unspecified atom stereocenters. The predicted octanol–water partition coefficient (Wildman–Crippen LogP) is 5.15. The van der Waals surface area contributed by atoms with E-state index in [9.17, 15) is 4.79 Å². The summed E-state index contributed by atoms with van der Waals surface area (Å²) in [7, 11) is 0. The molecule has 2 aromatic heterocycles. The van der Waals surface area contributed by atoms with Gasteiger partial charge in [-0.15, -0.1) is 0 Å². The number of aromatic nitrogens is 3. The zero-order chi connectivity index (χ0) is 23.6. The lowest BCUT2D eigenvalue weighted by molar-refractivity contribution is -0.143. The zero-order valence-corrected chi connectivity index (χ0v) is 19.8. The molecule has 3 heterocycles. The largest absolute Gasteiger partial charge is 0.492 e. The Morgan fingerprint density at radius 1 is 1.15 bits per heavy atom. The monoisotopic (exact) mass is 463 g/mol. The molecule has 3 aromatic rings. The van der Waals surface area contributed by atoms with Crippen LogP contribution in [-0.2, 0) is 27.1 Å². The Kier molecular flexibility index (Phi) is 8.68. The number of esters is 1. The summed E-state index contributed by atoms with van der Waals surface area (Å²) < 4.78 is 18.7. The molecule has 0 aliphatic carbocycles. The van der Waals surface area contributed by atoms with Crippen LogP contribution < -0.4 is 4.74 Å². The van der Waals surface area contributed by atoms with Crippen LogP contribution in [0.1, 0.15) is 56.4 Å². The summed E-state index contributed by atoms with van der Waals surface area (Å²) in [6.45, 7) is 3.65. The highest BCUT2D eigenvalue weighted by Crippen LogP contribution is 2.28. The highest BCUT2D eigenvalue weighted by Gasteiger charge is 2.20. The molecule has 4 rings (SSSR count). The summed E-state index contributed by atoms with van der Waals surface area (Å²) >= 11 is 0. The molecule has 1 aliphatic rings. The Morgan fingerprint density at radius 3 is 2.79 bits per heavy atom. The molecule has 0 radical (unpaired) electrons. The van der Waals surface area contributed by atoms with Crippen molar-refractivity contribution < 1.29 is 19.0 Å². The molecule has 1 aliphatic heterocycles. The van der Waals surface area contributed by atoms with Crippen LogP contribution in [0, 0.1) is 0 Å². The molecular weight excluding hydrogens is 430 g/mol. The van der Waals surface area contributed by atoms with E-state index < -0.39 is 0 Å². The number of rotatable bonds is 11. The maximum Gasteiger partial charge on any atom is 0.306 e. The quantitative estimate of drug-likeness (QED) is 0.289. The third-order valence-electron chi connectivity index (χ3n) is 5.89. The van der Waals surface area contributed by atoms with Gasteiger partial charge in [0.05, 0.1) is 30.8 Å². The van der Waals surface area contributed by atoms with Gasteiger partial charge in [-0.2, -0.15) is 5.10 Å². The van der Waals surface area contributed by atoms with Gasteiger partial charge in [-0.05, 0) is 74.8 Å². The normalized spacial score (nSPS) is 15.7. The van der Waals surface area contributed by atoms with Crippen molar-refractivity contribution in [1.82, 2.24) is 14.8 Å². The van der Waals surface area contributed by atoms with Gasteiger partial charge in [0, 0.05) is 19.2 Å². The van der Waals surface area contributed by atoms with Crippen LogP contribution in [0.15, 0.2) is 54.9 Å². The molecule has 0 saturated carbocycles. The van der Waals surface area contributed by atoms with Gasteiger partial charge in [0.2, 0.25) is 0 Å². The Labute approximate surface area is 201 Å². The van der Waals surface area contributed by atoms with Crippen molar-refractivity contribution in [1.29, 1.82) is 0 Å². The molecule has 1 saturated heterocycles. The Hall–Kier alpha value is -3.19. The molecule has 7 heteroatoms. The Balaban J connectivity index is 1.24. The summed E-state index contributed by atoms with van der Waals surface area (Å²) in [6.07, 6.45) is 9.72.